The minimum absolute atomic E-state index is 0.165. The monoisotopic (exact) mass is 493 g/mol. The van der Waals surface area contributed by atoms with Gasteiger partial charge >= 0.3 is 5.76 Å². The third-order valence-corrected chi connectivity index (χ3v) is 6.99. The number of hydrogen-bond donors (Lipinski definition) is 3. The fourth-order valence-corrected chi connectivity index (χ4v) is 4.72. The van der Waals surface area contributed by atoms with E-state index in [1.807, 2.05) is 6.07 Å². The Labute approximate surface area is 206 Å². The Kier molecular flexibility index (Phi) is 5.89. The normalized spacial score (nSPS) is 17.7. The van der Waals surface area contributed by atoms with E-state index in [-0.39, 0.29) is 12.3 Å². The molecule has 0 unspecified atom stereocenters. The van der Waals surface area contributed by atoms with E-state index in [4.69, 9.17) is 20.6 Å². The molecule has 0 spiro atoms. The lowest BCUT2D eigenvalue weighted by Gasteiger charge is -2.33. The predicted octanol–water partition coefficient (Wildman–Crippen LogP) is 0.312. The summed E-state index contributed by atoms with van der Waals surface area (Å²) in [5.41, 5.74) is 14.5. The first-order valence-electron chi connectivity index (χ1n) is 11.7. The number of nitrogens with zero attached hydrogens (tertiary/aromatic N) is 2. The first-order chi connectivity index (χ1) is 17.2. The van der Waals surface area contributed by atoms with Crippen LogP contribution < -0.4 is 27.4 Å². The molecule has 36 heavy (non-hydrogen) atoms. The van der Waals surface area contributed by atoms with Gasteiger partial charge in [0.2, 0.25) is 11.8 Å². The summed E-state index contributed by atoms with van der Waals surface area (Å²) >= 11 is 0. The number of aromatic nitrogens is 1. The zero-order valence-corrected chi connectivity index (χ0v) is 19.8. The van der Waals surface area contributed by atoms with Crippen LogP contribution in [0, 0.1) is 0 Å². The summed E-state index contributed by atoms with van der Waals surface area (Å²) in [5.74, 6) is -1.75. The quantitative estimate of drug-likeness (QED) is 0.445. The molecule has 1 aromatic heterocycles. The Morgan fingerprint density at radius 2 is 1.89 bits per heavy atom. The summed E-state index contributed by atoms with van der Waals surface area (Å²) in [6.45, 7) is 1.08. The molecule has 2 aliphatic rings. The molecule has 2 aromatic carbocycles. The lowest BCUT2D eigenvalue weighted by molar-refractivity contribution is -0.133. The van der Waals surface area contributed by atoms with Crippen LogP contribution in [-0.4, -0.2) is 47.1 Å². The largest absolute Gasteiger partial charge is 0.419 e. The zero-order valence-electron chi connectivity index (χ0n) is 19.8. The molecule has 11 nitrogen and oxygen atoms in total. The van der Waals surface area contributed by atoms with E-state index < -0.39 is 29.2 Å². The summed E-state index contributed by atoms with van der Waals surface area (Å²) in [5, 5.41) is 2.70. The molecular formula is C25H27N5O6. The number of fused-ring (bicyclic) bond motifs is 2. The zero-order chi connectivity index (χ0) is 25.6. The second-order valence-electron chi connectivity index (χ2n) is 9.36. The van der Waals surface area contributed by atoms with Crippen LogP contribution in [0.1, 0.15) is 34.3 Å². The molecule has 188 valence electrons. The van der Waals surface area contributed by atoms with Crippen molar-refractivity contribution in [3.8, 4) is 0 Å². The number of carbonyl (C=O) groups is 3. The maximum atomic E-state index is 13.1. The molecule has 0 radical (unpaired) electrons. The summed E-state index contributed by atoms with van der Waals surface area (Å²) in [4.78, 5) is 51.4. The number of aryl methyl sites for hydroxylation is 1. The highest BCUT2D eigenvalue weighted by atomic mass is 16.5. The van der Waals surface area contributed by atoms with E-state index in [9.17, 15) is 19.2 Å². The van der Waals surface area contributed by atoms with Crippen LogP contribution in [0.4, 0.5) is 5.69 Å². The fraction of sp³-hybridized carbons (Fsp3) is 0.360. The van der Waals surface area contributed by atoms with E-state index in [2.05, 4.69) is 5.32 Å². The van der Waals surface area contributed by atoms with Gasteiger partial charge in [-0.3, -0.25) is 19.0 Å². The van der Waals surface area contributed by atoms with E-state index >= 15 is 0 Å². The predicted molar refractivity (Wildman–Crippen MR) is 130 cm³/mol. The van der Waals surface area contributed by atoms with Crippen LogP contribution >= 0.6 is 0 Å². The number of rotatable bonds is 6. The Morgan fingerprint density at radius 3 is 2.61 bits per heavy atom. The molecule has 1 saturated heterocycles. The second kappa shape index (κ2) is 8.92. The molecule has 0 saturated carbocycles. The van der Waals surface area contributed by atoms with Crippen LogP contribution in [0.2, 0.25) is 0 Å². The molecule has 5 N–H and O–H groups in total. The van der Waals surface area contributed by atoms with Crippen molar-refractivity contribution in [3.05, 3.63) is 63.6 Å². The molecule has 0 bridgehead atoms. The maximum absolute atomic E-state index is 13.1. The SMILES string of the molecule is Cn1c(=O)oc2ccc(N3Cc4cc(C[C@H](NC(=O)C5(N)CCOCC5)C(N)=O)ccc4C3=O)cc21. The highest BCUT2D eigenvalue weighted by molar-refractivity contribution is 6.10. The topological polar surface area (TPSA) is 163 Å². The average Bonchev–Trinajstić information content (AvgIpc) is 3.33. The van der Waals surface area contributed by atoms with Gasteiger partial charge in [0.25, 0.3) is 5.91 Å². The van der Waals surface area contributed by atoms with E-state index in [0.29, 0.717) is 55.0 Å². The molecule has 1 atom stereocenters. The minimum Gasteiger partial charge on any atom is -0.408 e. The van der Waals surface area contributed by atoms with Crippen molar-refractivity contribution in [2.75, 3.05) is 18.1 Å². The number of hydrogen-bond acceptors (Lipinski definition) is 7. The summed E-state index contributed by atoms with van der Waals surface area (Å²) in [6.07, 6.45) is 0.887. The van der Waals surface area contributed by atoms with Gasteiger partial charge < -0.3 is 30.8 Å². The number of anilines is 1. The molecule has 0 aliphatic carbocycles. The lowest BCUT2D eigenvalue weighted by Crippen LogP contribution is -2.60. The third-order valence-electron chi connectivity index (χ3n) is 6.99. The van der Waals surface area contributed by atoms with Crippen molar-refractivity contribution >= 4 is 34.5 Å². The van der Waals surface area contributed by atoms with E-state index in [1.54, 1.807) is 42.3 Å². The van der Waals surface area contributed by atoms with Gasteiger partial charge in [0, 0.05) is 37.9 Å². The minimum atomic E-state index is -1.10. The number of benzene rings is 2. The number of primary amides is 1. The standard InChI is InChI=1S/C25H27N5O6/c1-29-19-12-16(3-5-20(19)36-24(29)34)30-13-15-10-14(2-4-17(15)22(30)32)11-18(21(26)31)28-23(33)25(27)6-8-35-9-7-25/h2-5,10,12,18H,6-9,11,13,27H2,1H3,(H2,26,31)(H,28,33)/t18-/m0/s1. The second-order valence-corrected chi connectivity index (χ2v) is 9.36. The van der Waals surface area contributed by atoms with Crippen molar-refractivity contribution < 1.29 is 23.5 Å². The molecule has 5 rings (SSSR count). The van der Waals surface area contributed by atoms with Crippen LogP contribution in [0.3, 0.4) is 0 Å². The molecule has 1 fully saturated rings. The molecule has 3 heterocycles. The van der Waals surface area contributed by atoms with Crippen molar-refractivity contribution in [2.24, 2.45) is 18.5 Å². The Morgan fingerprint density at radius 1 is 1.14 bits per heavy atom. The number of ether oxygens (including phenoxy) is 1. The number of nitrogens with one attached hydrogen (secondary N) is 1. The first-order valence-corrected chi connectivity index (χ1v) is 11.7. The van der Waals surface area contributed by atoms with Crippen LogP contribution in [0.5, 0.6) is 0 Å². The van der Waals surface area contributed by atoms with Crippen LogP contribution in [0.15, 0.2) is 45.6 Å². The summed E-state index contributed by atoms with van der Waals surface area (Å²) < 4.78 is 11.8. The van der Waals surface area contributed by atoms with Gasteiger partial charge in [-0.05, 0) is 48.2 Å². The van der Waals surface area contributed by atoms with Gasteiger partial charge in [-0.25, -0.2) is 4.79 Å². The molecule has 3 amide bonds. The number of carbonyl (C=O) groups excluding carboxylic acids is 3. The van der Waals surface area contributed by atoms with Gasteiger partial charge in [-0.1, -0.05) is 12.1 Å². The third kappa shape index (κ3) is 4.16. The molecule has 2 aliphatic heterocycles. The van der Waals surface area contributed by atoms with Gasteiger partial charge in [0.05, 0.1) is 17.6 Å². The van der Waals surface area contributed by atoms with Crippen molar-refractivity contribution in [1.29, 1.82) is 0 Å². The van der Waals surface area contributed by atoms with Crippen LogP contribution in [0.25, 0.3) is 11.1 Å². The van der Waals surface area contributed by atoms with Gasteiger partial charge in [0.1, 0.15) is 6.04 Å². The van der Waals surface area contributed by atoms with Crippen molar-refractivity contribution in [3.63, 3.8) is 0 Å². The van der Waals surface area contributed by atoms with E-state index in [0.717, 1.165) is 11.1 Å². The summed E-state index contributed by atoms with van der Waals surface area (Å²) in [6, 6.07) is 9.48. The highest BCUT2D eigenvalue weighted by Crippen LogP contribution is 2.31. The summed E-state index contributed by atoms with van der Waals surface area (Å²) in [7, 11) is 1.60. The lowest BCUT2D eigenvalue weighted by atomic mass is 9.89. The van der Waals surface area contributed by atoms with Crippen molar-refractivity contribution in [1.82, 2.24) is 9.88 Å². The van der Waals surface area contributed by atoms with Crippen LogP contribution in [-0.2, 0) is 34.3 Å². The Balaban J connectivity index is 1.34. The highest BCUT2D eigenvalue weighted by Gasteiger charge is 2.38. The smallest absolute Gasteiger partial charge is 0.408 e. The number of oxazole rings is 1. The Bertz CT molecular complexity index is 1430. The average molecular weight is 494 g/mol. The van der Waals surface area contributed by atoms with Crippen molar-refractivity contribution in [2.45, 2.75) is 37.4 Å². The first kappa shape index (κ1) is 23.8. The van der Waals surface area contributed by atoms with E-state index in [1.165, 1.54) is 4.57 Å². The molecule has 3 aromatic rings. The fourth-order valence-electron chi connectivity index (χ4n) is 4.72. The van der Waals surface area contributed by atoms with Gasteiger partial charge in [0.15, 0.2) is 5.58 Å². The number of nitrogens with two attached hydrogens (primary N) is 2. The number of amides is 3. The van der Waals surface area contributed by atoms with Gasteiger partial charge in [-0.15, -0.1) is 0 Å². The Hall–Kier alpha value is -3.96. The maximum Gasteiger partial charge on any atom is 0.419 e. The van der Waals surface area contributed by atoms with Gasteiger partial charge in [-0.2, -0.15) is 0 Å². The molecular weight excluding hydrogens is 466 g/mol. The molecule has 11 heteroatoms.